The molecule has 4 heteroatoms. The van der Waals surface area contributed by atoms with Crippen molar-refractivity contribution in [3.63, 3.8) is 0 Å². The Morgan fingerprint density at radius 3 is 2.95 bits per heavy atom. The van der Waals surface area contributed by atoms with Crippen LogP contribution in [0.25, 0.3) is 0 Å². The molecule has 19 heavy (non-hydrogen) atoms. The normalized spacial score (nSPS) is 21.5. The summed E-state index contributed by atoms with van der Waals surface area (Å²) in [6, 6.07) is 8.61. The Morgan fingerprint density at radius 2 is 2.21 bits per heavy atom. The lowest BCUT2D eigenvalue weighted by Crippen LogP contribution is -2.41. The molecule has 3 nitrogen and oxygen atoms in total. The molecule has 0 aromatic heterocycles. The van der Waals surface area contributed by atoms with Crippen LogP contribution in [0.5, 0.6) is 5.75 Å². The van der Waals surface area contributed by atoms with Crippen LogP contribution >= 0.6 is 11.8 Å². The number of rotatable bonds is 4. The van der Waals surface area contributed by atoms with E-state index in [1.54, 1.807) is 7.11 Å². The van der Waals surface area contributed by atoms with Crippen LogP contribution in [0.4, 0.5) is 0 Å². The number of methoxy groups -OCH3 is 1. The highest BCUT2D eigenvalue weighted by Gasteiger charge is 2.20. The molecule has 0 saturated carbocycles. The quantitative estimate of drug-likeness (QED) is 0.917. The number of nitrogens with zero attached hydrogens (tertiary/aromatic N) is 1. The smallest absolute Gasteiger partial charge is 0.157 e. The van der Waals surface area contributed by atoms with Crippen LogP contribution in [-0.2, 0) is 6.54 Å². The van der Waals surface area contributed by atoms with Crippen LogP contribution in [0.1, 0.15) is 25.8 Å². The molecule has 0 radical (unpaired) electrons. The Balaban J connectivity index is 2.01. The van der Waals surface area contributed by atoms with E-state index in [0.717, 1.165) is 22.2 Å². The van der Waals surface area contributed by atoms with Crippen molar-refractivity contribution in [3.05, 3.63) is 29.8 Å². The maximum atomic E-state index is 5.35. The maximum Gasteiger partial charge on any atom is 0.157 e. The van der Waals surface area contributed by atoms with E-state index >= 15 is 0 Å². The Bertz CT molecular complexity index is 446. The van der Waals surface area contributed by atoms with Gasteiger partial charge in [-0.3, -0.25) is 4.99 Å². The highest BCUT2D eigenvalue weighted by Crippen LogP contribution is 2.21. The second kappa shape index (κ2) is 6.85. The fourth-order valence-electron chi connectivity index (χ4n) is 2.14. The van der Waals surface area contributed by atoms with Crippen molar-refractivity contribution >= 4 is 16.9 Å². The topological polar surface area (TPSA) is 33.6 Å². The predicted octanol–water partition coefficient (Wildman–Crippen LogP) is 3.30. The molecule has 1 aliphatic heterocycles. The highest BCUT2D eigenvalue weighted by molar-refractivity contribution is 8.13. The predicted molar refractivity (Wildman–Crippen MR) is 83.0 cm³/mol. The molecule has 1 aromatic rings. The first kappa shape index (κ1) is 14.3. The van der Waals surface area contributed by atoms with Gasteiger partial charge in [0.25, 0.3) is 0 Å². The molecule has 1 heterocycles. The zero-order valence-corrected chi connectivity index (χ0v) is 12.7. The number of para-hydroxylation sites is 1. The third kappa shape index (κ3) is 3.90. The molecule has 1 N–H and O–H groups in total. The largest absolute Gasteiger partial charge is 0.496 e. The van der Waals surface area contributed by atoms with Gasteiger partial charge in [0.15, 0.2) is 5.17 Å². The number of hydrogen-bond acceptors (Lipinski definition) is 3. The first-order valence-corrected chi connectivity index (χ1v) is 7.75. The molecular formula is C15H22N2OS. The average Bonchev–Trinajstić information content (AvgIpc) is 2.45. The highest BCUT2D eigenvalue weighted by atomic mass is 32.2. The number of hydrogen-bond donors (Lipinski definition) is 1. The Kier molecular flexibility index (Phi) is 5.14. The van der Waals surface area contributed by atoms with Gasteiger partial charge in [0, 0.05) is 17.4 Å². The lowest BCUT2D eigenvalue weighted by molar-refractivity contribution is 0.409. The van der Waals surface area contributed by atoms with Crippen LogP contribution in [0, 0.1) is 5.92 Å². The van der Waals surface area contributed by atoms with Gasteiger partial charge in [-0.25, -0.2) is 0 Å². The summed E-state index contributed by atoms with van der Waals surface area (Å²) in [7, 11) is 1.70. The maximum absolute atomic E-state index is 5.35. The van der Waals surface area contributed by atoms with E-state index in [4.69, 9.17) is 4.74 Å². The van der Waals surface area contributed by atoms with Crippen molar-refractivity contribution in [2.45, 2.75) is 32.9 Å². The molecule has 2 rings (SSSR count). The third-order valence-electron chi connectivity index (χ3n) is 3.37. The van der Waals surface area contributed by atoms with Gasteiger partial charge in [-0.05, 0) is 18.4 Å². The van der Waals surface area contributed by atoms with Crippen molar-refractivity contribution < 1.29 is 4.74 Å². The molecule has 1 saturated heterocycles. The lowest BCUT2D eigenvalue weighted by Gasteiger charge is -2.28. The van der Waals surface area contributed by atoms with Crippen molar-refractivity contribution in [3.8, 4) is 5.75 Å². The molecule has 1 unspecified atom stereocenters. The van der Waals surface area contributed by atoms with Gasteiger partial charge < -0.3 is 10.1 Å². The molecule has 1 atom stereocenters. The monoisotopic (exact) mass is 278 g/mol. The van der Waals surface area contributed by atoms with Crippen LogP contribution in [-0.4, -0.2) is 24.1 Å². The van der Waals surface area contributed by atoms with Crippen LogP contribution in [0.15, 0.2) is 29.3 Å². The molecule has 1 aliphatic rings. The molecule has 104 valence electrons. The van der Waals surface area contributed by atoms with E-state index in [1.165, 1.54) is 6.42 Å². The van der Waals surface area contributed by atoms with Gasteiger partial charge in [-0.15, -0.1) is 0 Å². The first-order valence-electron chi connectivity index (χ1n) is 6.76. The summed E-state index contributed by atoms with van der Waals surface area (Å²) in [4.78, 5) is 4.68. The summed E-state index contributed by atoms with van der Waals surface area (Å²) in [5.74, 6) is 2.71. The number of benzene rings is 1. The number of aliphatic imine (C=N–C) groups is 1. The number of amidine groups is 1. The second-order valence-corrected chi connectivity index (χ2v) is 6.15. The summed E-state index contributed by atoms with van der Waals surface area (Å²) in [6.07, 6.45) is 1.22. The number of thioether (sulfide) groups is 1. The summed E-state index contributed by atoms with van der Waals surface area (Å²) in [6.45, 7) is 5.18. The minimum atomic E-state index is 0.553. The zero-order valence-electron chi connectivity index (χ0n) is 11.8. The number of ether oxygens (including phenoxy) is 1. The minimum Gasteiger partial charge on any atom is -0.496 e. The Labute approximate surface area is 119 Å². The van der Waals surface area contributed by atoms with Crippen LogP contribution in [0.2, 0.25) is 0 Å². The first-order chi connectivity index (χ1) is 9.20. The fraction of sp³-hybridized carbons (Fsp3) is 0.533. The van der Waals surface area contributed by atoms with Crippen molar-refractivity contribution in [1.29, 1.82) is 0 Å². The zero-order chi connectivity index (χ0) is 13.7. The van der Waals surface area contributed by atoms with E-state index in [0.29, 0.717) is 18.5 Å². The van der Waals surface area contributed by atoms with E-state index in [9.17, 15) is 0 Å². The molecule has 1 aromatic carbocycles. The summed E-state index contributed by atoms with van der Waals surface area (Å²) in [5, 5.41) is 4.60. The fourth-order valence-corrected chi connectivity index (χ4v) is 3.09. The van der Waals surface area contributed by atoms with Crippen molar-refractivity contribution in [1.82, 2.24) is 5.32 Å². The molecular weight excluding hydrogens is 256 g/mol. The minimum absolute atomic E-state index is 0.553. The number of nitrogens with one attached hydrogen (secondary N) is 1. The van der Waals surface area contributed by atoms with Gasteiger partial charge in [0.1, 0.15) is 5.75 Å². The van der Waals surface area contributed by atoms with Crippen LogP contribution in [0.3, 0.4) is 0 Å². The van der Waals surface area contributed by atoms with E-state index < -0.39 is 0 Å². The van der Waals surface area contributed by atoms with Gasteiger partial charge >= 0.3 is 0 Å². The van der Waals surface area contributed by atoms with Gasteiger partial charge in [0.2, 0.25) is 0 Å². The van der Waals surface area contributed by atoms with E-state index in [2.05, 4.69) is 30.2 Å². The standard InChI is InChI=1S/C15H22N2OS/c1-11(2)13-8-9-19-15(17-13)16-10-12-6-4-5-7-14(12)18-3/h4-7,11,13H,8-10H2,1-3H3,(H,16,17). The molecule has 0 amide bonds. The Morgan fingerprint density at radius 1 is 1.42 bits per heavy atom. The summed E-state index contributed by atoms with van der Waals surface area (Å²) < 4.78 is 5.35. The van der Waals surface area contributed by atoms with Crippen LogP contribution < -0.4 is 10.1 Å². The van der Waals surface area contributed by atoms with Gasteiger partial charge in [-0.1, -0.05) is 43.8 Å². The molecule has 0 spiro atoms. The molecule has 1 fully saturated rings. The lowest BCUT2D eigenvalue weighted by atomic mass is 10.0. The van der Waals surface area contributed by atoms with E-state index in [1.807, 2.05) is 30.0 Å². The van der Waals surface area contributed by atoms with E-state index in [-0.39, 0.29) is 0 Å². The third-order valence-corrected chi connectivity index (χ3v) is 4.33. The molecule has 0 bridgehead atoms. The average molecular weight is 278 g/mol. The Hall–Kier alpha value is -1.16. The van der Waals surface area contributed by atoms with Crippen molar-refractivity contribution in [2.24, 2.45) is 10.9 Å². The SMILES string of the molecule is COc1ccccc1CN=C1NC(C(C)C)CCS1. The van der Waals surface area contributed by atoms with Gasteiger partial charge in [-0.2, -0.15) is 0 Å². The summed E-state index contributed by atoms with van der Waals surface area (Å²) in [5.41, 5.74) is 1.13. The summed E-state index contributed by atoms with van der Waals surface area (Å²) >= 11 is 1.82. The van der Waals surface area contributed by atoms with Crippen molar-refractivity contribution in [2.75, 3.05) is 12.9 Å². The molecule has 0 aliphatic carbocycles. The van der Waals surface area contributed by atoms with Gasteiger partial charge in [0.05, 0.1) is 13.7 Å². The second-order valence-electron chi connectivity index (χ2n) is 5.07.